The highest BCUT2D eigenvalue weighted by atomic mass is 19.1. The topological polar surface area (TPSA) is 71.9 Å². The van der Waals surface area contributed by atoms with E-state index in [0.717, 1.165) is 6.07 Å². The van der Waals surface area contributed by atoms with Crippen molar-refractivity contribution in [1.29, 1.82) is 5.26 Å². The van der Waals surface area contributed by atoms with Crippen LogP contribution in [0.15, 0.2) is 22.7 Å². The summed E-state index contributed by atoms with van der Waals surface area (Å²) in [7, 11) is 0. The minimum absolute atomic E-state index is 0.00415. The third-order valence-electron chi connectivity index (χ3n) is 2.24. The molecule has 1 aromatic carbocycles. The predicted molar refractivity (Wildman–Crippen MR) is 59.1 cm³/mol. The molecule has 92 valence electrons. The van der Waals surface area contributed by atoms with Gasteiger partial charge in [0.25, 0.3) is 5.89 Å². The minimum Gasteiger partial charge on any atom is -0.481 e. The average Bonchev–Trinajstić information content (AvgIpc) is 2.85. The summed E-state index contributed by atoms with van der Waals surface area (Å²) in [5, 5.41) is 12.3. The first kappa shape index (κ1) is 12.0. The van der Waals surface area contributed by atoms with Gasteiger partial charge in [-0.3, -0.25) is 0 Å². The standard InChI is InChI=1S/C12H10FN3O2/c1-2-11-15-12(18-16-11)7-17-10-4-3-8(6-14)5-9(10)13/h3-5H,2,7H2,1H3. The minimum atomic E-state index is -0.593. The molecule has 6 heteroatoms. The van der Waals surface area contributed by atoms with Crippen molar-refractivity contribution in [3.05, 3.63) is 41.3 Å². The van der Waals surface area contributed by atoms with Gasteiger partial charge in [0.2, 0.25) is 0 Å². The molecule has 0 aliphatic rings. The number of aryl methyl sites for hydroxylation is 1. The highest BCUT2D eigenvalue weighted by Gasteiger charge is 2.08. The van der Waals surface area contributed by atoms with E-state index in [2.05, 4.69) is 10.1 Å². The van der Waals surface area contributed by atoms with Gasteiger partial charge >= 0.3 is 0 Å². The number of hydrogen-bond acceptors (Lipinski definition) is 5. The van der Waals surface area contributed by atoms with Crippen molar-refractivity contribution < 1.29 is 13.7 Å². The molecule has 5 nitrogen and oxygen atoms in total. The number of benzene rings is 1. The van der Waals surface area contributed by atoms with Gasteiger partial charge in [-0.1, -0.05) is 12.1 Å². The molecule has 0 aliphatic heterocycles. The van der Waals surface area contributed by atoms with Gasteiger partial charge in [0.15, 0.2) is 24.0 Å². The van der Waals surface area contributed by atoms with Gasteiger partial charge in [-0.2, -0.15) is 10.2 Å². The maximum absolute atomic E-state index is 13.5. The van der Waals surface area contributed by atoms with Gasteiger partial charge in [-0.25, -0.2) is 4.39 Å². The maximum Gasteiger partial charge on any atom is 0.264 e. The van der Waals surface area contributed by atoms with E-state index in [1.807, 2.05) is 13.0 Å². The zero-order chi connectivity index (χ0) is 13.0. The molecule has 0 aliphatic carbocycles. The molecule has 1 heterocycles. The Hall–Kier alpha value is -2.42. The molecule has 2 aromatic rings. The average molecular weight is 247 g/mol. The second-order valence-corrected chi connectivity index (χ2v) is 3.50. The van der Waals surface area contributed by atoms with Crippen molar-refractivity contribution in [3.8, 4) is 11.8 Å². The Labute approximate surface area is 103 Å². The zero-order valence-corrected chi connectivity index (χ0v) is 9.68. The highest BCUT2D eigenvalue weighted by molar-refractivity contribution is 5.35. The summed E-state index contributed by atoms with van der Waals surface area (Å²) in [5.41, 5.74) is 0.242. The van der Waals surface area contributed by atoms with Crippen molar-refractivity contribution in [2.75, 3.05) is 0 Å². The molecule has 2 rings (SSSR count). The van der Waals surface area contributed by atoms with Crippen molar-refractivity contribution in [1.82, 2.24) is 10.1 Å². The van der Waals surface area contributed by atoms with Gasteiger partial charge in [0.1, 0.15) is 0 Å². The summed E-state index contributed by atoms with van der Waals surface area (Å²) in [4.78, 5) is 4.03. The third kappa shape index (κ3) is 2.63. The van der Waals surface area contributed by atoms with Crippen LogP contribution in [-0.2, 0) is 13.0 Å². The van der Waals surface area contributed by atoms with Gasteiger partial charge in [-0.15, -0.1) is 0 Å². The van der Waals surface area contributed by atoms with Gasteiger partial charge < -0.3 is 9.26 Å². The number of aromatic nitrogens is 2. The molecular formula is C12H10FN3O2. The van der Waals surface area contributed by atoms with Crippen LogP contribution < -0.4 is 4.74 Å². The molecule has 0 fully saturated rings. The number of nitriles is 1. The Morgan fingerprint density at radius 3 is 2.94 bits per heavy atom. The maximum atomic E-state index is 13.5. The van der Waals surface area contributed by atoms with Crippen molar-refractivity contribution >= 4 is 0 Å². The fourth-order valence-electron chi connectivity index (χ4n) is 1.32. The largest absolute Gasteiger partial charge is 0.481 e. The number of nitrogens with zero attached hydrogens (tertiary/aromatic N) is 3. The molecule has 0 bridgehead atoms. The second-order valence-electron chi connectivity index (χ2n) is 3.50. The Kier molecular flexibility index (Phi) is 3.53. The summed E-state index contributed by atoms with van der Waals surface area (Å²) in [6.45, 7) is 1.89. The van der Waals surface area contributed by atoms with E-state index in [0.29, 0.717) is 12.2 Å². The van der Waals surface area contributed by atoms with E-state index in [1.54, 1.807) is 0 Å². The van der Waals surface area contributed by atoms with Gasteiger partial charge in [0.05, 0.1) is 11.6 Å². The highest BCUT2D eigenvalue weighted by Crippen LogP contribution is 2.19. The van der Waals surface area contributed by atoms with Crippen LogP contribution in [0.25, 0.3) is 0 Å². The van der Waals surface area contributed by atoms with E-state index in [-0.39, 0.29) is 23.8 Å². The number of halogens is 1. The fourth-order valence-corrected chi connectivity index (χ4v) is 1.32. The first-order valence-corrected chi connectivity index (χ1v) is 5.37. The van der Waals surface area contributed by atoms with E-state index >= 15 is 0 Å². The monoisotopic (exact) mass is 247 g/mol. The Balaban J connectivity index is 2.04. The van der Waals surface area contributed by atoms with E-state index in [4.69, 9.17) is 14.5 Å². The van der Waals surface area contributed by atoms with Crippen LogP contribution in [0.5, 0.6) is 5.75 Å². The molecule has 0 amide bonds. The SMILES string of the molecule is CCc1noc(COc2ccc(C#N)cc2F)n1. The Morgan fingerprint density at radius 1 is 1.50 bits per heavy atom. The number of ether oxygens (including phenoxy) is 1. The summed E-state index contributed by atoms with van der Waals surface area (Å²) < 4.78 is 23.6. The summed E-state index contributed by atoms with van der Waals surface area (Å²) in [6, 6.07) is 5.82. The summed E-state index contributed by atoms with van der Waals surface area (Å²) in [6.07, 6.45) is 0.661. The van der Waals surface area contributed by atoms with E-state index < -0.39 is 5.82 Å². The van der Waals surface area contributed by atoms with Crippen molar-refractivity contribution in [3.63, 3.8) is 0 Å². The zero-order valence-electron chi connectivity index (χ0n) is 9.68. The van der Waals surface area contributed by atoms with Crippen LogP contribution in [0.3, 0.4) is 0 Å². The molecule has 0 saturated heterocycles. The lowest BCUT2D eigenvalue weighted by molar-refractivity contribution is 0.234. The van der Waals surface area contributed by atoms with E-state index in [9.17, 15) is 4.39 Å². The lowest BCUT2D eigenvalue weighted by Gasteiger charge is -2.04. The van der Waals surface area contributed by atoms with Crippen molar-refractivity contribution in [2.45, 2.75) is 20.0 Å². The predicted octanol–water partition coefficient (Wildman–Crippen LogP) is 2.22. The molecule has 1 aromatic heterocycles. The fraction of sp³-hybridized carbons (Fsp3) is 0.250. The first-order chi connectivity index (χ1) is 8.72. The van der Waals surface area contributed by atoms with Crippen LogP contribution in [0.1, 0.15) is 24.2 Å². The smallest absolute Gasteiger partial charge is 0.264 e. The summed E-state index contributed by atoms with van der Waals surface area (Å²) in [5.74, 6) is 0.319. The lowest BCUT2D eigenvalue weighted by atomic mass is 10.2. The molecule has 0 atom stereocenters. The van der Waals surface area contributed by atoms with E-state index in [1.165, 1.54) is 12.1 Å². The van der Waals surface area contributed by atoms with Crippen LogP contribution in [0, 0.1) is 17.1 Å². The van der Waals surface area contributed by atoms with Crippen LogP contribution >= 0.6 is 0 Å². The molecule has 0 spiro atoms. The molecule has 0 radical (unpaired) electrons. The number of rotatable bonds is 4. The van der Waals surface area contributed by atoms with Crippen LogP contribution in [0.2, 0.25) is 0 Å². The normalized spacial score (nSPS) is 10.1. The third-order valence-corrected chi connectivity index (χ3v) is 2.24. The van der Waals surface area contributed by atoms with Gasteiger partial charge in [-0.05, 0) is 18.2 Å². The van der Waals surface area contributed by atoms with Crippen molar-refractivity contribution in [2.24, 2.45) is 0 Å². The second kappa shape index (κ2) is 5.27. The molecule has 0 N–H and O–H groups in total. The number of hydrogen-bond donors (Lipinski definition) is 0. The Bertz CT molecular complexity index is 589. The van der Waals surface area contributed by atoms with Crippen LogP contribution in [0.4, 0.5) is 4.39 Å². The molecular weight excluding hydrogens is 237 g/mol. The lowest BCUT2D eigenvalue weighted by Crippen LogP contribution is -1.98. The molecule has 0 saturated carbocycles. The quantitative estimate of drug-likeness (QED) is 0.828. The first-order valence-electron chi connectivity index (χ1n) is 5.37. The summed E-state index contributed by atoms with van der Waals surface area (Å²) >= 11 is 0. The molecule has 18 heavy (non-hydrogen) atoms. The Morgan fingerprint density at radius 2 is 2.33 bits per heavy atom. The van der Waals surface area contributed by atoms with Crippen LogP contribution in [-0.4, -0.2) is 10.1 Å². The molecule has 0 unspecified atom stereocenters. The van der Waals surface area contributed by atoms with Gasteiger partial charge in [0, 0.05) is 6.42 Å².